The van der Waals surface area contributed by atoms with Gasteiger partial charge in [0, 0.05) is 11.8 Å². The molecule has 2 nitrogen and oxygen atoms in total. The highest BCUT2D eigenvalue weighted by Crippen LogP contribution is 2.68. The van der Waals surface area contributed by atoms with E-state index in [1.807, 2.05) is 0 Å². The molecule has 0 radical (unpaired) electrons. The second-order valence-electron chi connectivity index (χ2n) is 9.76. The average molecular weight is 306 g/mol. The summed E-state index contributed by atoms with van der Waals surface area (Å²) in [4.78, 5) is 0. The number of hydrogen-bond acceptors (Lipinski definition) is 2. The minimum Gasteiger partial charge on any atom is -0.365 e. The maximum Gasteiger partial charge on any atom is 0.168 e. The Morgan fingerprint density at radius 3 is 2.36 bits per heavy atom. The third-order valence-electron chi connectivity index (χ3n) is 9.05. The van der Waals surface area contributed by atoms with Crippen LogP contribution >= 0.6 is 0 Å². The van der Waals surface area contributed by atoms with Crippen molar-refractivity contribution in [2.75, 3.05) is 0 Å². The zero-order valence-corrected chi connectivity index (χ0v) is 14.6. The molecule has 2 N–H and O–H groups in total. The van der Waals surface area contributed by atoms with Crippen molar-refractivity contribution in [3.8, 4) is 0 Å². The van der Waals surface area contributed by atoms with Crippen molar-refractivity contribution >= 4 is 0 Å². The number of rotatable bonds is 0. The van der Waals surface area contributed by atoms with Crippen molar-refractivity contribution in [1.82, 2.24) is 0 Å². The summed E-state index contributed by atoms with van der Waals surface area (Å²) in [5, 5.41) is 21.2. The summed E-state index contributed by atoms with van der Waals surface area (Å²) in [7, 11) is 0. The molecule has 126 valence electrons. The van der Waals surface area contributed by atoms with Gasteiger partial charge in [0.05, 0.1) is 0 Å². The van der Waals surface area contributed by atoms with Crippen LogP contribution in [-0.4, -0.2) is 16.0 Å². The molecule has 4 rings (SSSR count). The highest BCUT2D eigenvalue weighted by Gasteiger charge is 2.65. The Hall–Kier alpha value is -0.0800. The first kappa shape index (κ1) is 15.4. The van der Waals surface area contributed by atoms with E-state index in [2.05, 4.69) is 20.8 Å². The van der Waals surface area contributed by atoms with E-state index >= 15 is 0 Å². The van der Waals surface area contributed by atoms with Gasteiger partial charge in [0.25, 0.3) is 0 Å². The molecule has 4 aliphatic rings. The molecule has 0 amide bonds. The first-order valence-corrected chi connectivity index (χ1v) is 9.74. The monoisotopic (exact) mass is 306 g/mol. The molecule has 2 unspecified atom stereocenters. The normalized spacial score (nSPS) is 56.9. The number of hydrogen-bond donors (Lipinski definition) is 2. The third-order valence-corrected chi connectivity index (χ3v) is 9.05. The molecule has 0 aromatic heterocycles. The zero-order chi connectivity index (χ0) is 15.8. The Morgan fingerprint density at radius 2 is 1.59 bits per heavy atom. The lowest BCUT2D eigenvalue weighted by atomic mass is 9.43. The van der Waals surface area contributed by atoms with Crippen LogP contribution < -0.4 is 0 Å². The van der Waals surface area contributed by atoms with Gasteiger partial charge in [-0.05, 0) is 73.5 Å². The highest BCUT2D eigenvalue weighted by atomic mass is 16.5. The highest BCUT2D eigenvalue weighted by molar-refractivity contribution is 5.12. The van der Waals surface area contributed by atoms with E-state index in [4.69, 9.17) is 0 Å². The van der Waals surface area contributed by atoms with Gasteiger partial charge < -0.3 is 10.2 Å². The maximum atomic E-state index is 10.6. The Bertz CT molecular complexity index is 459. The quantitative estimate of drug-likeness (QED) is 0.653. The molecule has 0 aliphatic heterocycles. The van der Waals surface area contributed by atoms with Crippen LogP contribution in [0.25, 0.3) is 0 Å². The van der Waals surface area contributed by atoms with Crippen molar-refractivity contribution in [1.29, 1.82) is 0 Å². The first-order valence-electron chi connectivity index (χ1n) is 9.74. The van der Waals surface area contributed by atoms with Crippen molar-refractivity contribution in [3.63, 3.8) is 0 Å². The molecule has 0 aromatic carbocycles. The zero-order valence-electron chi connectivity index (χ0n) is 14.6. The van der Waals surface area contributed by atoms with Crippen LogP contribution in [0.5, 0.6) is 0 Å². The van der Waals surface area contributed by atoms with E-state index < -0.39 is 5.79 Å². The molecule has 4 saturated carbocycles. The van der Waals surface area contributed by atoms with E-state index in [-0.39, 0.29) is 5.41 Å². The van der Waals surface area contributed by atoms with Crippen molar-refractivity contribution in [3.05, 3.63) is 0 Å². The number of fused-ring (bicyclic) bond motifs is 5. The summed E-state index contributed by atoms with van der Waals surface area (Å²) in [6.45, 7) is 7.22. The number of aliphatic hydroxyl groups is 2. The lowest BCUT2D eigenvalue weighted by Crippen LogP contribution is -2.58. The van der Waals surface area contributed by atoms with E-state index in [0.717, 1.165) is 36.5 Å². The van der Waals surface area contributed by atoms with Gasteiger partial charge in [-0.2, -0.15) is 0 Å². The van der Waals surface area contributed by atoms with Crippen molar-refractivity contribution < 1.29 is 10.2 Å². The van der Waals surface area contributed by atoms with Gasteiger partial charge in [-0.25, -0.2) is 0 Å². The lowest BCUT2D eigenvalue weighted by molar-refractivity contribution is -0.255. The summed E-state index contributed by atoms with van der Waals surface area (Å²) in [6, 6.07) is 0. The molecule has 4 aliphatic carbocycles. The largest absolute Gasteiger partial charge is 0.365 e. The summed E-state index contributed by atoms with van der Waals surface area (Å²) < 4.78 is 0. The Morgan fingerprint density at radius 1 is 0.864 bits per heavy atom. The van der Waals surface area contributed by atoms with E-state index in [1.165, 1.54) is 38.5 Å². The molecule has 0 spiro atoms. The summed E-state index contributed by atoms with van der Waals surface area (Å²) in [5.74, 6) is 2.34. The Balaban J connectivity index is 1.70. The Kier molecular flexibility index (Phi) is 3.32. The fourth-order valence-corrected chi connectivity index (χ4v) is 7.66. The van der Waals surface area contributed by atoms with Crippen LogP contribution in [-0.2, 0) is 0 Å². The van der Waals surface area contributed by atoms with Gasteiger partial charge in [0.2, 0.25) is 0 Å². The van der Waals surface area contributed by atoms with E-state index in [1.54, 1.807) is 0 Å². The topological polar surface area (TPSA) is 40.5 Å². The van der Waals surface area contributed by atoms with Crippen LogP contribution in [0, 0.1) is 40.4 Å². The van der Waals surface area contributed by atoms with Crippen LogP contribution in [0.15, 0.2) is 0 Å². The van der Waals surface area contributed by atoms with Gasteiger partial charge >= 0.3 is 0 Å². The van der Waals surface area contributed by atoms with Gasteiger partial charge in [-0.15, -0.1) is 0 Å². The second-order valence-corrected chi connectivity index (χ2v) is 9.76. The van der Waals surface area contributed by atoms with Crippen LogP contribution in [0.3, 0.4) is 0 Å². The van der Waals surface area contributed by atoms with Crippen molar-refractivity contribution in [2.45, 2.75) is 84.3 Å². The molecule has 4 fully saturated rings. The fraction of sp³-hybridized carbons (Fsp3) is 1.00. The maximum absolute atomic E-state index is 10.6. The smallest absolute Gasteiger partial charge is 0.168 e. The summed E-state index contributed by atoms with van der Waals surface area (Å²) in [5.41, 5.74) is 0.271. The predicted molar refractivity (Wildman–Crippen MR) is 88.1 cm³/mol. The SMILES string of the molecule is CC1CC2CCCC[C@]2(C)[C@@H]2CC[C@@]3(C)[C@@H](CCC3(O)O)[C@H]12. The Labute approximate surface area is 135 Å². The molecule has 0 saturated heterocycles. The summed E-state index contributed by atoms with van der Waals surface area (Å²) >= 11 is 0. The van der Waals surface area contributed by atoms with Crippen LogP contribution in [0.1, 0.15) is 78.6 Å². The lowest BCUT2D eigenvalue weighted by Gasteiger charge is -2.62. The van der Waals surface area contributed by atoms with Crippen LogP contribution in [0.4, 0.5) is 0 Å². The first-order chi connectivity index (χ1) is 10.3. The minimum absolute atomic E-state index is 0.264. The molecule has 2 heteroatoms. The fourth-order valence-electron chi connectivity index (χ4n) is 7.66. The molecule has 0 bridgehead atoms. The van der Waals surface area contributed by atoms with Crippen molar-refractivity contribution in [2.24, 2.45) is 40.4 Å². The standard InChI is InChI=1S/C20H34O2/c1-13-12-14-6-4-5-9-18(14,2)15-7-10-19(3)16(17(13)15)8-11-20(19,21)22/h13-17,21-22H,4-12H2,1-3H3/t13?,14?,15-,16+,17-,18+,19+/m1/s1. The molecule has 0 heterocycles. The average Bonchev–Trinajstić information content (AvgIpc) is 2.70. The van der Waals surface area contributed by atoms with Gasteiger partial charge in [-0.3, -0.25) is 0 Å². The van der Waals surface area contributed by atoms with E-state index in [0.29, 0.717) is 17.8 Å². The molecule has 0 aromatic rings. The van der Waals surface area contributed by atoms with Crippen LogP contribution in [0.2, 0.25) is 0 Å². The van der Waals surface area contributed by atoms with E-state index in [9.17, 15) is 10.2 Å². The molecular formula is C20H34O2. The predicted octanol–water partition coefficient (Wildman–Crippen LogP) is 4.35. The molecular weight excluding hydrogens is 272 g/mol. The third kappa shape index (κ3) is 1.80. The van der Waals surface area contributed by atoms with Gasteiger partial charge in [-0.1, -0.05) is 33.6 Å². The summed E-state index contributed by atoms with van der Waals surface area (Å²) in [6.07, 6.45) is 10.9. The van der Waals surface area contributed by atoms with Gasteiger partial charge in [0.1, 0.15) is 0 Å². The van der Waals surface area contributed by atoms with Gasteiger partial charge in [0.15, 0.2) is 5.79 Å². The minimum atomic E-state index is -1.42. The molecule has 22 heavy (non-hydrogen) atoms. The molecule has 7 atom stereocenters. The second kappa shape index (κ2) is 4.72.